The van der Waals surface area contributed by atoms with Crippen LogP contribution in [0.4, 0.5) is 4.79 Å². The quantitative estimate of drug-likeness (QED) is 0.347. The number of pyridine rings is 1. The molecule has 0 aliphatic rings. The second-order valence-corrected chi connectivity index (χ2v) is 10.4. The highest BCUT2D eigenvalue weighted by Crippen LogP contribution is 2.24. The number of aromatic nitrogens is 1. The van der Waals surface area contributed by atoms with Crippen LogP contribution in [-0.2, 0) is 35.8 Å². The number of carbonyl (C=O) groups excluding carboxylic acids is 2. The van der Waals surface area contributed by atoms with Gasteiger partial charge in [0, 0.05) is 24.8 Å². The number of carbonyl (C=O) groups is 2. The summed E-state index contributed by atoms with van der Waals surface area (Å²) >= 11 is 6.41. The van der Waals surface area contributed by atoms with Crippen molar-refractivity contribution in [2.45, 2.75) is 59.5 Å². The molecule has 9 nitrogen and oxygen atoms in total. The van der Waals surface area contributed by atoms with E-state index in [2.05, 4.69) is 10.6 Å². The van der Waals surface area contributed by atoms with Crippen LogP contribution in [0.5, 0.6) is 5.75 Å². The van der Waals surface area contributed by atoms with Gasteiger partial charge in [-0.1, -0.05) is 60.1 Å². The van der Waals surface area contributed by atoms with Crippen molar-refractivity contribution in [2.24, 2.45) is 5.73 Å². The van der Waals surface area contributed by atoms with Crippen molar-refractivity contribution in [1.29, 1.82) is 0 Å². The molecule has 208 valence electrons. The molecule has 3 rings (SSSR count). The first-order valence-electron chi connectivity index (χ1n) is 12.6. The first-order valence-corrected chi connectivity index (χ1v) is 13.0. The van der Waals surface area contributed by atoms with Gasteiger partial charge in [-0.2, -0.15) is 0 Å². The molecule has 0 aliphatic carbocycles. The van der Waals surface area contributed by atoms with Crippen molar-refractivity contribution in [1.82, 2.24) is 15.2 Å². The van der Waals surface area contributed by atoms with Crippen molar-refractivity contribution in [3.05, 3.63) is 97.9 Å². The van der Waals surface area contributed by atoms with Crippen LogP contribution in [0, 0.1) is 6.92 Å². The predicted molar refractivity (Wildman–Crippen MR) is 151 cm³/mol. The molecular formula is C29H35ClN4O5. The van der Waals surface area contributed by atoms with Gasteiger partial charge < -0.3 is 30.4 Å². The van der Waals surface area contributed by atoms with E-state index in [0.717, 1.165) is 22.3 Å². The lowest BCUT2D eigenvalue weighted by Gasteiger charge is -2.19. The summed E-state index contributed by atoms with van der Waals surface area (Å²) in [6.45, 7) is 8.04. The van der Waals surface area contributed by atoms with Gasteiger partial charge in [-0.15, -0.1) is 0 Å². The lowest BCUT2D eigenvalue weighted by atomic mass is 10.1. The Morgan fingerprint density at radius 2 is 1.69 bits per heavy atom. The Balaban J connectivity index is 1.62. The van der Waals surface area contributed by atoms with Crippen LogP contribution < -0.4 is 26.7 Å². The van der Waals surface area contributed by atoms with E-state index < -0.39 is 11.7 Å². The number of nitrogens with one attached hydrogen (secondary N) is 2. The Morgan fingerprint density at radius 3 is 2.38 bits per heavy atom. The number of ether oxygens (including phenoxy) is 2. The van der Waals surface area contributed by atoms with Gasteiger partial charge in [0.25, 0.3) is 5.56 Å². The summed E-state index contributed by atoms with van der Waals surface area (Å²) in [5.74, 6) is -0.0338. The second-order valence-electron chi connectivity index (χ2n) is 10.1. The molecule has 0 saturated carbocycles. The van der Waals surface area contributed by atoms with Crippen molar-refractivity contribution < 1.29 is 19.1 Å². The number of nitrogens with two attached hydrogens (primary N) is 1. The summed E-state index contributed by atoms with van der Waals surface area (Å²) in [5.41, 5.74) is 9.10. The van der Waals surface area contributed by atoms with Crippen LogP contribution in [0.2, 0.25) is 5.02 Å². The minimum Gasteiger partial charge on any atom is -0.487 e. The van der Waals surface area contributed by atoms with E-state index in [1.807, 2.05) is 55.5 Å². The number of halogens is 1. The monoisotopic (exact) mass is 554 g/mol. The molecule has 3 aromatic rings. The van der Waals surface area contributed by atoms with Crippen LogP contribution in [-0.4, -0.2) is 28.7 Å². The fraction of sp³-hybridized carbons (Fsp3) is 0.345. The topological polar surface area (TPSA) is 125 Å². The van der Waals surface area contributed by atoms with Crippen molar-refractivity contribution >= 4 is 23.6 Å². The zero-order chi connectivity index (χ0) is 28.6. The van der Waals surface area contributed by atoms with Gasteiger partial charge in [0.2, 0.25) is 5.91 Å². The van der Waals surface area contributed by atoms with E-state index in [0.29, 0.717) is 24.5 Å². The number of nitrogens with zero attached hydrogens (tertiary/aromatic N) is 1. The number of alkyl carbamates (subject to hydrolysis) is 1. The van der Waals surface area contributed by atoms with E-state index in [-0.39, 0.29) is 36.2 Å². The summed E-state index contributed by atoms with van der Waals surface area (Å²) in [6.07, 6.45) is -0.657. The molecule has 2 aromatic carbocycles. The molecule has 0 bridgehead atoms. The summed E-state index contributed by atoms with van der Waals surface area (Å²) in [6, 6.07) is 16.9. The number of benzene rings is 2. The molecule has 1 heterocycles. The lowest BCUT2D eigenvalue weighted by Crippen LogP contribution is -2.39. The third-order valence-corrected chi connectivity index (χ3v) is 6.10. The minimum absolute atomic E-state index is 0.00624. The standard InChI is InChI=1S/C29H35ClN4O5/c1-19-12-24(38-18-23-11-6-5-10-22(23)14-31)26(30)27(36)34(19)17-21-9-7-8-20(13-21)15-32-25(35)16-33-28(37)39-29(2,3)4/h5-13H,14-18,31H2,1-4H3,(H,32,35)(H,33,37). The van der Waals surface area contributed by atoms with Crippen molar-refractivity contribution in [2.75, 3.05) is 6.54 Å². The molecule has 4 N–H and O–H groups in total. The SMILES string of the molecule is Cc1cc(OCc2ccccc2CN)c(Cl)c(=O)n1Cc1cccc(CNC(=O)CNC(=O)OC(C)(C)C)c1. The van der Waals surface area contributed by atoms with Gasteiger partial charge in [0.15, 0.2) is 0 Å². The Hall–Kier alpha value is -3.82. The smallest absolute Gasteiger partial charge is 0.408 e. The van der Waals surface area contributed by atoms with E-state index in [1.165, 1.54) is 0 Å². The van der Waals surface area contributed by atoms with Gasteiger partial charge in [-0.05, 0) is 49.9 Å². The number of aryl methyl sites for hydroxylation is 1. The predicted octanol–water partition coefficient (Wildman–Crippen LogP) is 4.04. The lowest BCUT2D eigenvalue weighted by molar-refractivity contribution is -0.120. The van der Waals surface area contributed by atoms with Crippen LogP contribution >= 0.6 is 11.6 Å². The molecule has 0 spiro atoms. The molecule has 2 amide bonds. The van der Waals surface area contributed by atoms with Crippen molar-refractivity contribution in [3.8, 4) is 5.75 Å². The van der Waals surface area contributed by atoms with Crippen LogP contribution in [0.25, 0.3) is 0 Å². The summed E-state index contributed by atoms with van der Waals surface area (Å²) in [7, 11) is 0. The third-order valence-electron chi connectivity index (χ3n) is 5.75. The van der Waals surface area contributed by atoms with Crippen LogP contribution in [0.1, 0.15) is 48.7 Å². The number of hydrogen-bond donors (Lipinski definition) is 3. The summed E-state index contributed by atoms with van der Waals surface area (Å²) in [4.78, 5) is 37.0. The Morgan fingerprint density at radius 1 is 1.00 bits per heavy atom. The highest BCUT2D eigenvalue weighted by molar-refractivity contribution is 6.31. The van der Waals surface area contributed by atoms with Gasteiger partial charge in [0.1, 0.15) is 29.5 Å². The van der Waals surface area contributed by atoms with E-state index in [9.17, 15) is 14.4 Å². The average molecular weight is 555 g/mol. The molecule has 0 radical (unpaired) electrons. The zero-order valence-electron chi connectivity index (χ0n) is 22.7. The zero-order valence-corrected chi connectivity index (χ0v) is 23.4. The highest BCUT2D eigenvalue weighted by Gasteiger charge is 2.17. The summed E-state index contributed by atoms with van der Waals surface area (Å²) in [5, 5.41) is 5.19. The minimum atomic E-state index is -0.657. The third kappa shape index (κ3) is 8.87. The molecule has 10 heteroatoms. The van der Waals surface area contributed by atoms with E-state index in [1.54, 1.807) is 31.4 Å². The number of amides is 2. The second kappa shape index (κ2) is 13.3. The summed E-state index contributed by atoms with van der Waals surface area (Å²) < 4.78 is 12.6. The maximum atomic E-state index is 13.1. The van der Waals surface area contributed by atoms with E-state index >= 15 is 0 Å². The molecule has 0 atom stereocenters. The molecule has 0 fully saturated rings. The fourth-order valence-corrected chi connectivity index (χ4v) is 4.03. The van der Waals surface area contributed by atoms with Crippen LogP contribution in [0.3, 0.4) is 0 Å². The van der Waals surface area contributed by atoms with Gasteiger partial charge in [-0.25, -0.2) is 4.79 Å². The Bertz CT molecular complexity index is 1380. The molecule has 1 aromatic heterocycles. The number of rotatable bonds is 10. The fourth-order valence-electron chi connectivity index (χ4n) is 3.82. The van der Waals surface area contributed by atoms with Gasteiger partial charge >= 0.3 is 6.09 Å². The first kappa shape index (κ1) is 29.7. The molecule has 0 aliphatic heterocycles. The maximum absolute atomic E-state index is 13.1. The average Bonchev–Trinajstić information content (AvgIpc) is 2.89. The highest BCUT2D eigenvalue weighted by atomic mass is 35.5. The molecule has 0 saturated heterocycles. The Kier molecular flexibility index (Phi) is 10.1. The molecular weight excluding hydrogens is 520 g/mol. The maximum Gasteiger partial charge on any atom is 0.408 e. The normalized spacial score (nSPS) is 11.1. The first-order chi connectivity index (χ1) is 18.5. The van der Waals surface area contributed by atoms with E-state index in [4.69, 9.17) is 26.8 Å². The number of hydrogen-bond acceptors (Lipinski definition) is 6. The van der Waals surface area contributed by atoms with Crippen molar-refractivity contribution in [3.63, 3.8) is 0 Å². The van der Waals surface area contributed by atoms with Gasteiger partial charge in [-0.3, -0.25) is 9.59 Å². The Labute approximate surface area is 233 Å². The largest absolute Gasteiger partial charge is 0.487 e. The van der Waals surface area contributed by atoms with Gasteiger partial charge in [0.05, 0.1) is 6.54 Å². The molecule has 39 heavy (non-hydrogen) atoms. The molecule has 0 unspecified atom stereocenters. The van der Waals surface area contributed by atoms with Crippen LogP contribution in [0.15, 0.2) is 59.4 Å².